The van der Waals surface area contributed by atoms with Crippen molar-refractivity contribution in [2.45, 2.75) is 39.0 Å². The molecule has 1 fully saturated rings. The van der Waals surface area contributed by atoms with Crippen molar-refractivity contribution in [2.75, 3.05) is 33.4 Å². The van der Waals surface area contributed by atoms with E-state index in [-0.39, 0.29) is 19.1 Å². The minimum Gasteiger partial charge on any atom is -0.496 e. The van der Waals surface area contributed by atoms with Crippen molar-refractivity contribution in [3.05, 3.63) is 99.6 Å². The van der Waals surface area contributed by atoms with Crippen LogP contribution in [-0.4, -0.2) is 49.4 Å². The second-order valence-corrected chi connectivity index (χ2v) is 10.6. The number of hydrogen-bond acceptors (Lipinski definition) is 3. The molecule has 0 bridgehead atoms. The van der Waals surface area contributed by atoms with E-state index in [0.29, 0.717) is 17.9 Å². The average molecular weight is 550 g/mol. The fourth-order valence-corrected chi connectivity index (χ4v) is 6.09. The summed E-state index contributed by atoms with van der Waals surface area (Å²) in [6.45, 7) is 4.78. The number of carboxylic acids is 1. The number of hydrogen-bond donors (Lipinski definition) is 1. The van der Waals surface area contributed by atoms with E-state index in [1.807, 2.05) is 12.1 Å². The van der Waals surface area contributed by atoms with Crippen LogP contribution in [0.15, 0.2) is 60.7 Å². The Balaban J connectivity index is 0.00000353. The maximum atomic E-state index is 12.5. The van der Waals surface area contributed by atoms with E-state index in [4.69, 9.17) is 4.74 Å². The number of methoxy groups -OCH3 is 1. The van der Waals surface area contributed by atoms with Crippen molar-refractivity contribution in [1.82, 2.24) is 4.90 Å². The van der Waals surface area contributed by atoms with Crippen LogP contribution >= 0.6 is 12.4 Å². The highest BCUT2D eigenvalue weighted by atomic mass is 35.5. The van der Waals surface area contributed by atoms with Crippen LogP contribution in [0.3, 0.4) is 0 Å². The van der Waals surface area contributed by atoms with E-state index in [9.17, 15) is 14.3 Å². The number of aromatic carboxylic acids is 1. The molecule has 0 unspecified atom stereocenters. The molecule has 0 amide bonds. The molecule has 206 valence electrons. The largest absolute Gasteiger partial charge is 0.496 e. The molecule has 3 aromatic rings. The molecular weight excluding hydrogens is 513 g/mol. The number of fused-ring (bicyclic) bond motifs is 1. The number of rotatable bonds is 9. The molecule has 1 aliphatic heterocycles. The van der Waals surface area contributed by atoms with Gasteiger partial charge in [0, 0.05) is 25.2 Å². The molecule has 0 saturated carbocycles. The van der Waals surface area contributed by atoms with Gasteiger partial charge in [-0.2, -0.15) is 0 Å². The fraction of sp³-hybridized carbons (Fsp3) is 0.364. The lowest BCUT2D eigenvalue weighted by Crippen LogP contribution is -2.47. The first-order chi connectivity index (χ1) is 18.5. The highest BCUT2D eigenvalue weighted by Gasteiger charge is 2.27. The Morgan fingerprint density at radius 2 is 1.82 bits per heavy atom. The topological polar surface area (TPSA) is 49.8 Å². The number of nitrogens with zero attached hydrogens (tertiary/aromatic N) is 1. The lowest BCUT2D eigenvalue weighted by molar-refractivity contribution is 0.0696. The predicted octanol–water partition coefficient (Wildman–Crippen LogP) is 7.25. The Labute approximate surface area is 236 Å². The summed E-state index contributed by atoms with van der Waals surface area (Å²) in [5, 5.41) is 9.61. The van der Waals surface area contributed by atoms with Gasteiger partial charge < -0.3 is 14.7 Å². The molecule has 0 aromatic heterocycles. The van der Waals surface area contributed by atoms with Crippen molar-refractivity contribution < 1.29 is 19.0 Å². The molecule has 4 nitrogen and oxygen atoms in total. The Bertz CT molecular complexity index is 1350. The lowest BCUT2D eigenvalue weighted by atomic mass is 9.85. The highest BCUT2D eigenvalue weighted by molar-refractivity contribution is 6.01. The highest BCUT2D eigenvalue weighted by Crippen LogP contribution is 2.43. The van der Waals surface area contributed by atoms with Crippen LogP contribution < -0.4 is 4.74 Å². The number of para-hydroxylation sites is 1. The number of benzene rings is 3. The number of ether oxygens (including phenoxy) is 1. The molecule has 0 atom stereocenters. The van der Waals surface area contributed by atoms with Crippen molar-refractivity contribution in [3.8, 4) is 5.75 Å². The first-order valence-electron chi connectivity index (χ1n) is 13.6. The molecule has 2 aliphatic rings. The summed E-state index contributed by atoms with van der Waals surface area (Å²) in [6, 6.07) is 20.7. The van der Waals surface area contributed by atoms with Crippen LogP contribution in [0.2, 0.25) is 0 Å². The first kappa shape index (κ1) is 28.8. The van der Waals surface area contributed by atoms with Gasteiger partial charge in [-0.15, -0.1) is 12.4 Å². The number of carboxylic acid groups (broad SMARTS) is 1. The Hall–Kier alpha value is -3.15. The molecule has 5 rings (SSSR count). The quantitative estimate of drug-likeness (QED) is 0.305. The van der Waals surface area contributed by atoms with Gasteiger partial charge >= 0.3 is 5.97 Å². The molecule has 1 saturated heterocycles. The normalized spacial score (nSPS) is 15.7. The average Bonchev–Trinajstić information content (AvgIpc) is 3.09. The number of halogens is 2. The van der Waals surface area contributed by atoms with Crippen LogP contribution in [0.5, 0.6) is 5.75 Å². The van der Waals surface area contributed by atoms with Gasteiger partial charge in [-0.3, -0.25) is 4.39 Å². The number of likely N-dealkylation sites (tertiary alicyclic amines) is 1. The van der Waals surface area contributed by atoms with Crippen molar-refractivity contribution >= 4 is 29.5 Å². The number of aryl methyl sites for hydroxylation is 2. The number of carbonyl (C=O) groups is 1. The molecule has 0 spiro atoms. The van der Waals surface area contributed by atoms with E-state index in [1.54, 1.807) is 13.2 Å². The molecule has 6 heteroatoms. The van der Waals surface area contributed by atoms with E-state index < -0.39 is 5.97 Å². The molecule has 3 aromatic carbocycles. The zero-order chi connectivity index (χ0) is 26.6. The van der Waals surface area contributed by atoms with E-state index in [1.165, 1.54) is 11.1 Å². The van der Waals surface area contributed by atoms with Gasteiger partial charge in [0.25, 0.3) is 0 Å². The summed E-state index contributed by atoms with van der Waals surface area (Å²) < 4.78 is 18.3. The van der Waals surface area contributed by atoms with E-state index >= 15 is 0 Å². The maximum Gasteiger partial charge on any atom is 0.335 e. The lowest BCUT2D eigenvalue weighted by Gasteiger charge is -2.39. The maximum absolute atomic E-state index is 12.5. The van der Waals surface area contributed by atoms with E-state index in [0.717, 1.165) is 84.5 Å². The minimum atomic E-state index is -0.897. The Morgan fingerprint density at radius 3 is 2.51 bits per heavy atom. The summed E-state index contributed by atoms with van der Waals surface area (Å²) in [7, 11) is 1.73. The zero-order valence-electron chi connectivity index (χ0n) is 22.7. The summed E-state index contributed by atoms with van der Waals surface area (Å²) in [5.74, 6) is 0.621. The first-order valence-corrected chi connectivity index (χ1v) is 13.6. The molecular formula is C33H37ClFNO3. The predicted molar refractivity (Wildman–Crippen MR) is 158 cm³/mol. The zero-order valence-corrected chi connectivity index (χ0v) is 23.5. The van der Waals surface area contributed by atoms with Crippen molar-refractivity contribution in [3.63, 3.8) is 0 Å². The van der Waals surface area contributed by atoms with Gasteiger partial charge in [-0.05, 0) is 96.0 Å². The molecule has 1 heterocycles. The van der Waals surface area contributed by atoms with Crippen molar-refractivity contribution in [2.24, 2.45) is 5.92 Å². The van der Waals surface area contributed by atoms with Crippen LogP contribution in [0.1, 0.15) is 63.0 Å². The monoisotopic (exact) mass is 549 g/mol. The third-order valence-electron chi connectivity index (χ3n) is 7.95. The number of alkyl halides is 1. The third-order valence-corrected chi connectivity index (χ3v) is 7.95. The van der Waals surface area contributed by atoms with Gasteiger partial charge in [0.2, 0.25) is 0 Å². The van der Waals surface area contributed by atoms with Crippen LogP contribution in [0.4, 0.5) is 4.39 Å². The van der Waals surface area contributed by atoms with Crippen molar-refractivity contribution in [1.29, 1.82) is 0 Å². The second-order valence-electron chi connectivity index (χ2n) is 10.6. The summed E-state index contributed by atoms with van der Waals surface area (Å²) >= 11 is 0. The van der Waals surface area contributed by atoms with Gasteiger partial charge in [-0.25, -0.2) is 4.79 Å². The van der Waals surface area contributed by atoms with Gasteiger partial charge in [-0.1, -0.05) is 48.5 Å². The van der Waals surface area contributed by atoms with E-state index in [2.05, 4.69) is 54.3 Å². The molecule has 0 radical (unpaired) electrons. The van der Waals surface area contributed by atoms with Gasteiger partial charge in [0.1, 0.15) is 5.75 Å². The SMILES string of the molecule is COc1c(C)cccc1C1=C(c2ccc(CC3CN(CCCF)C3)cc2)c2ccc(C(=O)O)cc2CCC1.Cl. The summed E-state index contributed by atoms with van der Waals surface area (Å²) in [4.78, 5) is 14.0. The smallest absolute Gasteiger partial charge is 0.335 e. The number of allylic oxidation sites excluding steroid dienone is 1. The molecule has 1 aliphatic carbocycles. The summed E-state index contributed by atoms with van der Waals surface area (Å²) in [5.41, 5.74) is 9.55. The van der Waals surface area contributed by atoms with Crippen LogP contribution in [-0.2, 0) is 12.8 Å². The second kappa shape index (κ2) is 12.8. The van der Waals surface area contributed by atoms with Crippen LogP contribution in [0.25, 0.3) is 11.1 Å². The molecule has 1 N–H and O–H groups in total. The summed E-state index contributed by atoms with van der Waals surface area (Å²) in [6.07, 6.45) is 4.30. The standard InChI is InChI=1S/C33H36FNO3.ClH/c1-22-6-3-9-30(32(22)38-2)29-8-4-7-26-19-27(33(36)37)14-15-28(26)31(29)25-12-10-23(11-13-25)18-24-20-35(21-24)17-5-16-34;/h3,6,9-15,19,24H,4-5,7-8,16-18,20-21H2,1-2H3,(H,36,37);1H. The fourth-order valence-electron chi connectivity index (χ4n) is 6.09. The van der Waals surface area contributed by atoms with Gasteiger partial charge in [0.15, 0.2) is 0 Å². The molecule has 39 heavy (non-hydrogen) atoms. The van der Waals surface area contributed by atoms with Gasteiger partial charge in [0.05, 0.1) is 19.3 Å². The van der Waals surface area contributed by atoms with Crippen LogP contribution in [0, 0.1) is 12.8 Å². The Morgan fingerprint density at radius 1 is 1.05 bits per heavy atom. The minimum absolute atomic E-state index is 0. The third kappa shape index (κ3) is 6.21. The Kier molecular flexibility index (Phi) is 9.47.